The van der Waals surface area contributed by atoms with Gasteiger partial charge in [-0.1, -0.05) is 18.2 Å². The molecule has 0 aliphatic heterocycles. The highest BCUT2D eigenvalue weighted by molar-refractivity contribution is 7.09. The first kappa shape index (κ1) is 12.1. The molecule has 17 heavy (non-hydrogen) atoms. The lowest BCUT2D eigenvalue weighted by Crippen LogP contribution is -2.11. The Morgan fingerprint density at radius 3 is 2.59 bits per heavy atom. The zero-order valence-corrected chi connectivity index (χ0v) is 10.0. The van der Waals surface area contributed by atoms with Crippen molar-refractivity contribution in [3.8, 4) is 0 Å². The largest absolute Gasteiger partial charge is 0.318 e. The van der Waals surface area contributed by atoms with Gasteiger partial charge in [0.15, 0.2) is 0 Å². The van der Waals surface area contributed by atoms with E-state index in [0.717, 1.165) is 10.7 Å². The van der Waals surface area contributed by atoms with Crippen LogP contribution in [0.2, 0.25) is 0 Å². The number of aromatic nitrogens is 1. The first-order valence-electron chi connectivity index (χ1n) is 5.13. The lowest BCUT2D eigenvalue weighted by Gasteiger charge is -2.10. The van der Waals surface area contributed by atoms with E-state index in [1.165, 1.54) is 23.5 Å². The fourth-order valence-electron chi connectivity index (χ4n) is 1.55. The number of rotatable bonds is 3. The van der Waals surface area contributed by atoms with Crippen LogP contribution in [0.25, 0.3) is 0 Å². The van der Waals surface area contributed by atoms with Gasteiger partial charge in [-0.3, -0.25) is 0 Å². The van der Waals surface area contributed by atoms with Gasteiger partial charge in [0.05, 0.1) is 6.04 Å². The monoisotopic (exact) mass is 254 g/mol. The minimum Gasteiger partial charge on any atom is -0.318 e. The first-order chi connectivity index (χ1) is 8.08. The number of nitrogens with zero attached hydrogens (tertiary/aromatic N) is 1. The fourth-order valence-corrected chi connectivity index (χ4v) is 2.37. The van der Waals surface area contributed by atoms with Crippen LogP contribution in [-0.4, -0.2) is 4.98 Å². The molecule has 2 rings (SSSR count). The summed E-state index contributed by atoms with van der Waals surface area (Å²) >= 11 is 1.44. The summed E-state index contributed by atoms with van der Waals surface area (Å²) in [4.78, 5) is 4.27. The van der Waals surface area contributed by atoms with Crippen molar-refractivity contribution in [1.82, 2.24) is 4.98 Å². The Bertz CT molecular complexity index is 511. The number of benzene rings is 1. The van der Waals surface area contributed by atoms with E-state index in [9.17, 15) is 8.78 Å². The zero-order valence-electron chi connectivity index (χ0n) is 9.23. The summed E-state index contributed by atoms with van der Waals surface area (Å²) in [5.74, 6) is 0. The average Bonchev–Trinajstić information content (AvgIpc) is 2.75. The van der Waals surface area contributed by atoms with Crippen molar-refractivity contribution in [3.63, 3.8) is 0 Å². The number of aryl methyl sites for hydroxylation is 1. The highest BCUT2D eigenvalue weighted by Crippen LogP contribution is 2.26. The van der Waals surface area contributed by atoms with Gasteiger partial charge in [0.25, 0.3) is 6.43 Å². The van der Waals surface area contributed by atoms with Crippen LogP contribution in [0.4, 0.5) is 8.78 Å². The lowest BCUT2D eigenvalue weighted by molar-refractivity contribution is 0.151. The molecule has 1 unspecified atom stereocenters. The van der Waals surface area contributed by atoms with E-state index in [4.69, 9.17) is 5.73 Å². The maximum absolute atomic E-state index is 12.6. The minimum absolute atomic E-state index is 0.00812. The maximum Gasteiger partial charge on any atom is 0.263 e. The normalized spacial score (nSPS) is 13.0. The quantitative estimate of drug-likeness (QED) is 0.911. The summed E-state index contributed by atoms with van der Waals surface area (Å²) in [6.45, 7) is 1.88. The third-order valence-corrected chi connectivity index (χ3v) is 3.47. The Kier molecular flexibility index (Phi) is 3.49. The van der Waals surface area contributed by atoms with Gasteiger partial charge in [0.2, 0.25) is 0 Å². The number of nitrogens with two attached hydrogens (primary N) is 1. The van der Waals surface area contributed by atoms with Gasteiger partial charge in [0.1, 0.15) is 5.01 Å². The van der Waals surface area contributed by atoms with Gasteiger partial charge in [-0.15, -0.1) is 11.3 Å². The van der Waals surface area contributed by atoms with Gasteiger partial charge in [-0.25, -0.2) is 13.8 Å². The highest BCUT2D eigenvalue weighted by atomic mass is 32.1. The molecule has 0 aliphatic carbocycles. The number of hydrogen-bond acceptors (Lipinski definition) is 3. The molecular formula is C12H12F2N2S. The first-order valence-corrected chi connectivity index (χ1v) is 6.01. The second-order valence-electron chi connectivity index (χ2n) is 3.78. The topological polar surface area (TPSA) is 38.9 Å². The van der Waals surface area contributed by atoms with Crippen LogP contribution in [0.3, 0.4) is 0 Å². The van der Waals surface area contributed by atoms with Crippen LogP contribution >= 0.6 is 11.3 Å². The van der Waals surface area contributed by atoms with E-state index in [0.29, 0.717) is 5.56 Å². The smallest absolute Gasteiger partial charge is 0.263 e. The van der Waals surface area contributed by atoms with Crippen molar-refractivity contribution < 1.29 is 8.78 Å². The maximum atomic E-state index is 12.6. The van der Waals surface area contributed by atoms with E-state index in [2.05, 4.69) is 4.98 Å². The molecule has 1 aromatic heterocycles. The van der Waals surface area contributed by atoms with Crippen LogP contribution in [0, 0.1) is 6.92 Å². The third kappa shape index (κ3) is 2.68. The number of alkyl halides is 2. The molecule has 0 aliphatic rings. The minimum atomic E-state index is -2.47. The van der Waals surface area contributed by atoms with E-state index in [1.54, 1.807) is 12.1 Å². The predicted molar refractivity (Wildman–Crippen MR) is 64.3 cm³/mol. The Labute approximate surface area is 102 Å². The van der Waals surface area contributed by atoms with E-state index in [-0.39, 0.29) is 5.56 Å². The van der Waals surface area contributed by atoms with E-state index in [1.807, 2.05) is 12.3 Å². The summed E-state index contributed by atoms with van der Waals surface area (Å²) in [6.07, 6.45) is -2.47. The molecule has 1 heterocycles. The van der Waals surface area contributed by atoms with Crippen LogP contribution in [0.15, 0.2) is 29.6 Å². The summed E-state index contributed by atoms with van der Waals surface area (Å²) in [7, 11) is 0. The molecule has 2 N–H and O–H groups in total. The molecule has 1 aromatic carbocycles. The van der Waals surface area contributed by atoms with E-state index >= 15 is 0 Å². The van der Waals surface area contributed by atoms with Crippen molar-refractivity contribution in [2.75, 3.05) is 0 Å². The van der Waals surface area contributed by atoms with Crippen LogP contribution in [0.5, 0.6) is 0 Å². The second-order valence-corrected chi connectivity index (χ2v) is 4.67. The molecular weight excluding hydrogens is 242 g/mol. The molecule has 0 spiro atoms. The second kappa shape index (κ2) is 4.89. The Morgan fingerprint density at radius 1 is 1.29 bits per heavy atom. The van der Waals surface area contributed by atoms with Crippen molar-refractivity contribution in [1.29, 1.82) is 0 Å². The molecule has 0 fully saturated rings. The molecule has 0 radical (unpaired) electrons. The van der Waals surface area contributed by atoms with Crippen molar-refractivity contribution in [3.05, 3.63) is 51.5 Å². The highest BCUT2D eigenvalue weighted by Gasteiger charge is 2.15. The predicted octanol–water partition coefficient (Wildman–Crippen LogP) is 3.44. The molecule has 0 amide bonds. The standard InChI is InChI=1S/C12H12F2N2S/c1-7-6-17-12(16-7)10(15)8-3-2-4-9(5-8)11(13)14/h2-6,10-11H,15H2,1H3. The molecule has 5 heteroatoms. The lowest BCUT2D eigenvalue weighted by atomic mass is 10.1. The van der Waals surface area contributed by atoms with Crippen LogP contribution in [0.1, 0.15) is 34.3 Å². The van der Waals surface area contributed by atoms with Crippen LogP contribution in [-0.2, 0) is 0 Å². The van der Waals surface area contributed by atoms with Gasteiger partial charge >= 0.3 is 0 Å². The zero-order chi connectivity index (χ0) is 12.4. The summed E-state index contributed by atoms with van der Waals surface area (Å²) in [6, 6.07) is 5.73. The molecule has 90 valence electrons. The van der Waals surface area contributed by atoms with Crippen molar-refractivity contribution in [2.24, 2.45) is 5.73 Å². The summed E-state index contributed by atoms with van der Waals surface area (Å²) in [5, 5.41) is 2.64. The fraction of sp³-hybridized carbons (Fsp3) is 0.250. The van der Waals surface area contributed by atoms with Gasteiger partial charge in [0, 0.05) is 16.6 Å². The Balaban J connectivity index is 2.30. The SMILES string of the molecule is Cc1csc(C(N)c2cccc(C(F)F)c2)n1. The molecule has 2 aromatic rings. The number of hydrogen-bond donors (Lipinski definition) is 1. The Morgan fingerprint density at radius 2 is 2.00 bits per heavy atom. The van der Waals surface area contributed by atoms with Crippen molar-refractivity contribution >= 4 is 11.3 Å². The number of thiazole rings is 1. The van der Waals surface area contributed by atoms with E-state index < -0.39 is 12.5 Å². The molecule has 0 bridgehead atoms. The third-order valence-electron chi connectivity index (χ3n) is 2.42. The molecule has 0 saturated carbocycles. The van der Waals surface area contributed by atoms with Gasteiger partial charge in [-0.2, -0.15) is 0 Å². The Hall–Kier alpha value is -1.33. The molecule has 2 nitrogen and oxygen atoms in total. The summed E-state index contributed by atoms with van der Waals surface area (Å²) < 4.78 is 25.1. The molecule has 1 atom stereocenters. The molecule has 0 saturated heterocycles. The van der Waals surface area contributed by atoms with Crippen molar-refractivity contribution in [2.45, 2.75) is 19.4 Å². The summed E-state index contributed by atoms with van der Waals surface area (Å²) in [5.41, 5.74) is 7.55. The average molecular weight is 254 g/mol. The van der Waals surface area contributed by atoms with Gasteiger partial charge < -0.3 is 5.73 Å². The van der Waals surface area contributed by atoms with Crippen LogP contribution < -0.4 is 5.73 Å². The number of halogens is 2. The van der Waals surface area contributed by atoms with Gasteiger partial charge in [-0.05, 0) is 18.6 Å².